The minimum Gasteiger partial charge on any atom is -0.481 e. The van der Waals surface area contributed by atoms with Crippen molar-refractivity contribution in [3.8, 4) is 0 Å². The van der Waals surface area contributed by atoms with Gasteiger partial charge in [0.2, 0.25) is 0 Å². The van der Waals surface area contributed by atoms with Crippen molar-refractivity contribution in [3.63, 3.8) is 0 Å². The molecule has 1 aromatic carbocycles. The fraction of sp³-hybridized carbons (Fsp3) is 0.533. The molecule has 0 aliphatic carbocycles. The second-order valence-electron chi connectivity index (χ2n) is 4.89. The van der Waals surface area contributed by atoms with Crippen molar-refractivity contribution in [3.05, 3.63) is 34.9 Å². The second-order valence-corrected chi connectivity index (χ2v) is 4.89. The number of benzene rings is 1. The van der Waals surface area contributed by atoms with E-state index in [1.165, 1.54) is 0 Å². The number of carbonyl (C=O) groups is 1. The SMILES string of the molecule is CCCCC(C(=O)O)C(O)c1ccc(C)cc1C. The smallest absolute Gasteiger partial charge is 0.309 e. The molecule has 2 unspecified atom stereocenters. The van der Waals surface area contributed by atoms with E-state index in [-0.39, 0.29) is 0 Å². The van der Waals surface area contributed by atoms with Crippen LogP contribution in [0.25, 0.3) is 0 Å². The molecule has 0 aliphatic rings. The van der Waals surface area contributed by atoms with Gasteiger partial charge in [-0.2, -0.15) is 0 Å². The zero-order valence-corrected chi connectivity index (χ0v) is 11.3. The molecule has 2 N–H and O–H groups in total. The van der Waals surface area contributed by atoms with Crippen molar-refractivity contribution in [1.82, 2.24) is 0 Å². The van der Waals surface area contributed by atoms with E-state index in [0.29, 0.717) is 6.42 Å². The average molecular weight is 250 g/mol. The van der Waals surface area contributed by atoms with Crippen molar-refractivity contribution in [1.29, 1.82) is 0 Å². The van der Waals surface area contributed by atoms with Gasteiger partial charge in [0.05, 0.1) is 12.0 Å². The summed E-state index contributed by atoms with van der Waals surface area (Å²) >= 11 is 0. The molecule has 0 saturated carbocycles. The summed E-state index contributed by atoms with van der Waals surface area (Å²) < 4.78 is 0. The van der Waals surface area contributed by atoms with Crippen LogP contribution in [0.1, 0.15) is 49.0 Å². The van der Waals surface area contributed by atoms with Gasteiger partial charge in [-0.1, -0.05) is 43.5 Å². The number of unbranched alkanes of at least 4 members (excludes halogenated alkanes) is 1. The maximum Gasteiger partial charge on any atom is 0.309 e. The molecule has 0 aromatic heterocycles. The molecule has 3 heteroatoms. The van der Waals surface area contributed by atoms with Gasteiger partial charge in [0.1, 0.15) is 0 Å². The van der Waals surface area contributed by atoms with E-state index in [1.807, 2.05) is 39.0 Å². The standard InChI is InChI=1S/C15H22O3/c1-4-5-6-13(15(17)18)14(16)12-8-7-10(2)9-11(12)3/h7-9,13-14,16H,4-6H2,1-3H3,(H,17,18). The van der Waals surface area contributed by atoms with Crippen molar-refractivity contribution in [2.24, 2.45) is 5.92 Å². The summed E-state index contributed by atoms with van der Waals surface area (Å²) in [5, 5.41) is 19.5. The third-order valence-electron chi connectivity index (χ3n) is 3.31. The van der Waals surface area contributed by atoms with Gasteiger partial charge in [0, 0.05) is 0 Å². The Balaban J connectivity index is 2.94. The van der Waals surface area contributed by atoms with Crippen LogP contribution in [0.2, 0.25) is 0 Å². The number of aryl methyl sites for hydroxylation is 2. The Morgan fingerprint density at radius 1 is 1.33 bits per heavy atom. The fourth-order valence-corrected chi connectivity index (χ4v) is 2.21. The Hall–Kier alpha value is -1.35. The molecule has 1 rings (SSSR count). The predicted molar refractivity (Wildman–Crippen MR) is 71.5 cm³/mol. The molecule has 1 aromatic rings. The molecule has 0 spiro atoms. The first-order valence-corrected chi connectivity index (χ1v) is 6.45. The van der Waals surface area contributed by atoms with Gasteiger partial charge in [0.15, 0.2) is 0 Å². The lowest BCUT2D eigenvalue weighted by atomic mass is 9.88. The Labute approximate surface area is 108 Å². The number of hydrogen-bond acceptors (Lipinski definition) is 2. The van der Waals surface area contributed by atoms with Crippen LogP contribution < -0.4 is 0 Å². The molecule has 3 nitrogen and oxygen atoms in total. The van der Waals surface area contributed by atoms with Gasteiger partial charge in [-0.3, -0.25) is 4.79 Å². The van der Waals surface area contributed by atoms with Gasteiger partial charge < -0.3 is 10.2 Å². The highest BCUT2D eigenvalue weighted by molar-refractivity contribution is 5.71. The molecule has 2 atom stereocenters. The van der Waals surface area contributed by atoms with Gasteiger partial charge >= 0.3 is 5.97 Å². The summed E-state index contributed by atoms with van der Waals surface area (Å²) in [5.41, 5.74) is 2.79. The highest BCUT2D eigenvalue weighted by Crippen LogP contribution is 2.29. The van der Waals surface area contributed by atoms with Crippen LogP contribution in [-0.4, -0.2) is 16.2 Å². The zero-order valence-electron chi connectivity index (χ0n) is 11.3. The van der Waals surface area contributed by atoms with E-state index in [2.05, 4.69) is 0 Å². The van der Waals surface area contributed by atoms with Crippen LogP contribution in [0.4, 0.5) is 0 Å². The molecule has 0 aliphatic heterocycles. The number of rotatable bonds is 6. The predicted octanol–water partition coefficient (Wildman–Crippen LogP) is 3.23. The first-order valence-electron chi connectivity index (χ1n) is 6.45. The minimum atomic E-state index is -0.922. The summed E-state index contributed by atoms with van der Waals surface area (Å²) in [6.45, 7) is 5.90. The molecule has 0 bridgehead atoms. The summed E-state index contributed by atoms with van der Waals surface area (Å²) in [5.74, 6) is -1.64. The molecule has 0 heterocycles. The Morgan fingerprint density at radius 3 is 2.50 bits per heavy atom. The quantitative estimate of drug-likeness (QED) is 0.815. The monoisotopic (exact) mass is 250 g/mol. The number of carboxylic acids is 1. The van der Waals surface area contributed by atoms with Crippen LogP contribution in [0.3, 0.4) is 0 Å². The molecule has 18 heavy (non-hydrogen) atoms. The van der Waals surface area contributed by atoms with Crippen LogP contribution >= 0.6 is 0 Å². The van der Waals surface area contributed by atoms with Crippen molar-refractivity contribution < 1.29 is 15.0 Å². The lowest BCUT2D eigenvalue weighted by Crippen LogP contribution is -2.22. The normalized spacial score (nSPS) is 14.2. The highest BCUT2D eigenvalue weighted by Gasteiger charge is 2.28. The van der Waals surface area contributed by atoms with E-state index in [0.717, 1.165) is 29.5 Å². The van der Waals surface area contributed by atoms with Crippen LogP contribution in [0.5, 0.6) is 0 Å². The van der Waals surface area contributed by atoms with Gasteiger partial charge in [0.25, 0.3) is 0 Å². The third kappa shape index (κ3) is 3.57. The summed E-state index contributed by atoms with van der Waals surface area (Å²) in [6.07, 6.45) is 1.34. The van der Waals surface area contributed by atoms with Crippen LogP contribution in [-0.2, 0) is 4.79 Å². The maximum atomic E-state index is 11.2. The number of hydrogen-bond donors (Lipinski definition) is 2. The molecule has 100 valence electrons. The molecule has 0 saturated heterocycles. The molecular formula is C15H22O3. The molecular weight excluding hydrogens is 228 g/mol. The van der Waals surface area contributed by atoms with E-state index in [9.17, 15) is 15.0 Å². The summed E-state index contributed by atoms with van der Waals surface area (Å²) in [7, 11) is 0. The van der Waals surface area contributed by atoms with Gasteiger partial charge in [-0.15, -0.1) is 0 Å². The van der Waals surface area contributed by atoms with Crippen molar-refractivity contribution >= 4 is 5.97 Å². The largest absolute Gasteiger partial charge is 0.481 e. The van der Waals surface area contributed by atoms with Gasteiger partial charge in [-0.25, -0.2) is 0 Å². The van der Waals surface area contributed by atoms with Gasteiger partial charge in [-0.05, 0) is 31.4 Å². The summed E-state index contributed by atoms with van der Waals surface area (Å²) in [6, 6.07) is 5.71. The van der Waals surface area contributed by atoms with Crippen LogP contribution in [0.15, 0.2) is 18.2 Å². The minimum absolute atomic E-state index is 0.514. The Kier molecular flexibility index (Phi) is 5.35. The third-order valence-corrected chi connectivity index (χ3v) is 3.31. The highest BCUT2D eigenvalue weighted by atomic mass is 16.4. The van der Waals surface area contributed by atoms with Crippen molar-refractivity contribution in [2.75, 3.05) is 0 Å². The van der Waals surface area contributed by atoms with Crippen molar-refractivity contribution in [2.45, 2.75) is 46.1 Å². The number of aliphatic carboxylic acids is 1. The number of aliphatic hydroxyl groups excluding tert-OH is 1. The lowest BCUT2D eigenvalue weighted by Gasteiger charge is -2.21. The fourth-order valence-electron chi connectivity index (χ4n) is 2.21. The second kappa shape index (κ2) is 6.55. The maximum absolute atomic E-state index is 11.2. The topological polar surface area (TPSA) is 57.5 Å². The average Bonchev–Trinajstić information content (AvgIpc) is 2.28. The van der Waals surface area contributed by atoms with E-state index < -0.39 is 18.0 Å². The number of aliphatic hydroxyl groups is 1. The molecule has 0 fully saturated rings. The summed E-state index contributed by atoms with van der Waals surface area (Å²) in [4.78, 5) is 11.2. The Morgan fingerprint density at radius 2 is 2.00 bits per heavy atom. The van der Waals surface area contributed by atoms with Crippen LogP contribution in [0, 0.1) is 19.8 Å². The first kappa shape index (κ1) is 14.7. The van der Waals surface area contributed by atoms with E-state index in [4.69, 9.17) is 0 Å². The number of carboxylic acid groups (broad SMARTS) is 1. The first-order chi connectivity index (χ1) is 8.47. The van der Waals surface area contributed by atoms with E-state index >= 15 is 0 Å². The Bertz CT molecular complexity index is 412. The lowest BCUT2D eigenvalue weighted by molar-refractivity contribution is -0.146. The zero-order chi connectivity index (χ0) is 13.7. The molecule has 0 radical (unpaired) electrons. The van der Waals surface area contributed by atoms with E-state index in [1.54, 1.807) is 0 Å². The molecule has 0 amide bonds.